The Morgan fingerprint density at radius 2 is 1.86 bits per heavy atom. The van der Waals surface area contributed by atoms with Crippen molar-refractivity contribution in [2.75, 3.05) is 34.3 Å². The van der Waals surface area contributed by atoms with E-state index in [1.165, 1.54) is 36.3 Å². The predicted molar refractivity (Wildman–Crippen MR) is 107 cm³/mol. The topological polar surface area (TPSA) is 70.1 Å². The van der Waals surface area contributed by atoms with E-state index in [1.807, 2.05) is 19.0 Å². The van der Waals surface area contributed by atoms with Crippen LogP contribution in [0.25, 0.3) is 5.76 Å². The van der Waals surface area contributed by atoms with Crippen LogP contribution in [-0.4, -0.2) is 60.9 Å². The number of aliphatic hydroxyl groups excluding tert-OH is 1. The van der Waals surface area contributed by atoms with E-state index < -0.39 is 23.5 Å². The summed E-state index contributed by atoms with van der Waals surface area (Å²) in [5.41, 5.74) is 0.893. The van der Waals surface area contributed by atoms with Gasteiger partial charge in [0.2, 0.25) is 0 Å². The van der Waals surface area contributed by atoms with Crippen LogP contribution < -0.4 is 4.74 Å². The molecule has 152 valence electrons. The van der Waals surface area contributed by atoms with Crippen molar-refractivity contribution in [2.45, 2.75) is 6.04 Å². The van der Waals surface area contributed by atoms with Crippen molar-refractivity contribution >= 4 is 17.4 Å². The molecule has 1 aliphatic rings. The molecule has 1 aliphatic heterocycles. The Balaban J connectivity index is 2.14. The first-order valence-corrected chi connectivity index (χ1v) is 9.16. The third-order valence-corrected chi connectivity index (χ3v) is 4.86. The first-order valence-electron chi connectivity index (χ1n) is 9.16. The smallest absolute Gasteiger partial charge is 0.295 e. The van der Waals surface area contributed by atoms with Gasteiger partial charge in [-0.25, -0.2) is 4.39 Å². The average molecular weight is 398 g/mol. The number of Topliss-reactive ketones (excluding diaryl/α,β-unsaturated/α-hetero) is 1. The van der Waals surface area contributed by atoms with Crippen LogP contribution in [0.1, 0.15) is 17.2 Å². The molecular weight excluding hydrogens is 375 g/mol. The number of rotatable bonds is 6. The highest BCUT2D eigenvalue weighted by Gasteiger charge is 2.45. The Labute approximate surface area is 168 Å². The molecule has 1 fully saturated rings. The summed E-state index contributed by atoms with van der Waals surface area (Å²) in [5.74, 6) is -1.66. The number of benzene rings is 2. The molecule has 3 rings (SSSR count). The minimum atomic E-state index is -0.804. The van der Waals surface area contributed by atoms with Crippen LogP contribution in [0.2, 0.25) is 0 Å². The number of hydrogen-bond acceptors (Lipinski definition) is 5. The van der Waals surface area contributed by atoms with Crippen molar-refractivity contribution in [3.05, 3.63) is 71.0 Å². The van der Waals surface area contributed by atoms with Crippen molar-refractivity contribution in [1.29, 1.82) is 0 Å². The van der Waals surface area contributed by atoms with Crippen LogP contribution in [0.15, 0.2) is 54.1 Å². The lowest BCUT2D eigenvalue weighted by Gasteiger charge is -2.26. The van der Waals surface area contributed by atoms with E-state index in [1.54, 1.807) is 24.3 Å². The molecule has 0 unspecified atom stereocenters. The highest BCUT2D eigenvalue weighted by atomic mass is 19.1. The molecule has 0 aromatic heterocycles. The minimum Gasteiger partial charge on any atom is -0.507 e. The molecule has 6 nitrogen and oxygen atoms in total. The van der Waals surface area contributed by atoms with Crippen LogP contribution in [0.3, 0.4) is 0 Å². The normalized spacial score (nSPS) is 18.5. The largest absolute Gasteiger partial charge is 0.507 e. The van der Waals surface area contributed by atoms with Gasteiger partial charge in [-0.15, -0.1) is 0 Å². The number of amides is 1. The van der Waals surface area contributed by atoms with Gasteiger partial charge in [-0.05, 0) is 43.9 Å². The molecule has 1 atom stereocenters. The first kappa shape index (κ1) is 20.5. The molecule has 2 aromatic carbocycles. The Hall–Kier alpha value is -3.19. The van der Waals surface area contributed by atoms with Crippen molar-refractivity contribution in [3.8, 4) is 5.75 Å². The summed E-state index contributed by atoms with van der Waals surface area (Å²) in [4.78, 5) is 28.9. The minimum absolute atomic E-state index is 0.0198. The maximum absolute atomic E-state index is 13.5. The Kier molecular flexibility index (Phi) is 5.98. The number of ketones is 1. The van der Waals surface area contributed by atoms with E-state index in [0.717, 1.165) is 0 Å². The van der Waals surface area contributed by atoms with Gasteiger partial charge in [-0.2, -0.15) is 0 Å². The molecule has 7 heteroatoms. The molecule has 1 saturated heterocycles. The maximum atomic E-state index is 13.5. The number of ether oxygens (including phenoxy) is 1. The summed E-state index contributed by atoms with van der Waals surface area (Å²) in [6.45, 7) is 0.818. The molecule has 0 bridgehead atoms. The number of methoxy groups -OCH3 is 1. The van der Waals surface area contributed by atoms with Gasteiger partial charge in [0.1, 0.15) is 17.3 Å². The predicted octanol–water partition coefficient (Wildman–Crippen LogP) is 2.82. The van der Waals surface area contributed by atoms with Crippen molar-refractivity contribution < 1.29 is 23.8 Å². The monoisotopic (exact) mass is 398 g/mol. The fourth-order valence-corrected chi connectivity index (χ4v) is 3.34. The number of carbonyl (C=O) groups is 2. The summed E-state index contributed by atoms with van der Waals surface area (Å²) >= 11 is 0. The molecule has 0 spiro atoms. The van der Waals surface area contributed by atoms with E-state index in [4.69, 9.17) is 4.74 Å². The van der Waals surface area contributed by atoms with E-state index in [0.29, 0.717) is 23.4 Å². The van der Waals surface area contributed by atoms with Gasteiger partial charge < -0.3 is 19.6 Å². The van der Waals surface area contributed by atoms with E-state index >= 15 is 0 Å². The lowest BCUT2D eigenvalue weighted by Crippen LogP contribution is -2.35. The van der Waals surface area contributed by atoms with Crippen LogP contribution in [-0.2, 0) is 9.59 Å². The number of aliphatic hydroxyl groups is 1. The molecule has 1 amide bonds. The fourth-order valence-electron chi connectivity index (χ4n) is 3.34. The van der Waals surface area contributed by atoms with Crippen LogP contribution in [0.4, 0.5) is 4.39 Å². The van der Waals surface area contributed by atoms with E-state index in [2.05, 4.69) is 0 Å². The number of carbonyl (C=O) groups excluding carboxylic acids is 2. The number of nitrogens with zero attached hydrogens (tertiary/aromatic N) is 2. The summed E-state index contributed by atoms with van der Waals surface area (Å²) < 4.78 is 18.6. The van der Waals surface area contributed by atoms with Gasteiger partial charge in [0.25, 0.3) is 11.7 Å². The molecular formula is C22H23FN2O4. The zero-order valence-corrected chi connectivity index (χ0v) is 16.6. The highest BCUT2D eigenvalue weighted by molar-refractivity contribution is 6.46. The second-order valence-corrected chi connectivity index (χ2v) is 7.08. The van der Waals surface area contributed by atoms with Crippen LogP contribution in [0, 0.1) is 5.82 Å². The van der Waals surface area contributed by atoms with Gasteiger partial charge in [-0.1, -0.05) is 24.3 Å². The summed E-state index contributed by atoms with van der Waals surface area (Å²) in [5, 5.41) is 10.9. The second-order valence-electron chi connectivity index (χ2n) is 7.08. The summed E-state index contributed by atoms with van der Waals surface area (Å²) in [6.07, 6.45) is 0. The number of hydrogen-bond donors (Lipinski definition) is 1. The molecule has 0 aliphatic carbocycles. The Bertz CT molecular complexity index is 954. The zero-order chi connectivity index (χ0) is 21.1. The number of likely N-dealkylation sites (tertiary alicyclic amines) is 1. The lowest BCUT2D eigenvalue weighted by atomic mass is 9.95. The Morgan fingerprint density at radius 3 is 2.48 bits per heavy atom. The first-order chi connectivity index (χ1) is 13.8. The van der Waals surface area contributed by atoms with Gasteiger partial charge in [0.15, 0.2) is 0 Å². The lowest BCUT2D eigenvalue weighted by molar-refractivity contribution is -0.140. The average Bonchev–Trinajstić information content (AvgIpc) is 2.97. The molecule has 0 radical (unpaired) electrons. The highest BCUT2D eigenvalue weighted by Crippen LogP contribution is 2.39. The van der Waals surface area contributed by atoms with Gasteiger partial charge >= 0.3 is 0 Å². The summed E-state index contributed by atoms with van der Waals surface area (Å²) in [6, 6.07) is 11.4. The quantitative estimate of drug-likeness (QED) is 0.460. The molecule has 1 heterocycles. The SMILES string of the molecule is COc1cccc(C(O)=C2C(=O)C(=O)N(CCN(C)C)[C@@H]2c2ccc(F)cc2)c1. The Morgan fingerprint density at radius 1 is 1.17 bits per heavy atom. The van der Waals surface area contributed by atoms with Gasteiger partial charge in [0.05, 0.1) is 18.7 Å². The van der Waals surface area contributed by atoms with Gasteiger partial charge in [0, 0.05) is 18.7 Å². The van der Waals surface area contributed by atoms with E-state index in [9.17, 15) is 19.1 Å². The van der Waals surface area contributed by atoms with Crippen molar-refractivity contribution in [2.24, 2.45) is 0 Å². The number of halogens is 1. The van der Waals surface area contributed by atoms with Crippen molar-refractivity contribution in [1.82, 2.24) is 9.80 Å². The molecule has 1 N–H and O–H groups in total. The second kappa shape index (κ2) is 8.45. The number of likely N-dealkylation sites (N-methyl/N-ethyl adjacent to an activating group) is 1. The maximum Gasteiger partial charge on any atom is 0.295 e. The van der Waals surface area contributed by atoms with Gasteiger partial charge in [-0.3, -0.25) is 9.59 Å². The summed E-state index contributed by atoms with van der Waals surface area (Å²) in [7, 11) is 5.22. The third kappa shape index (κ3) is 4.14. The van der Waals surface area contributed by atoms with Crippen LogP contribution in [0.5, 0.6) is 5.75 Å². The zero-order valence-electron chi connectivity index (χ0n) is 16.6. The standard InChI is InChI=1S/C22H23FN2O4/c1-24(2)11-12-25-19(14-7-9-16(23)10-8-14)18(21(27)22(25)28)20(26)15-5-4-6-17(13-15)29-3/h4-10,13,19,26H,11-12H2,1-3H3/t19-/m1/s1. The van der Waals surface area contributed by atoms with Crippen LogP contribution >= 0.6 is 0 Å². The van der Waals surface area contributed by atoms with Crippen molar-refractivity contribution in [3.63, 3.8) is 0 Å². The van der Waals surface area contributed by atoms with E-state index in [-0.39, 0.29) is 17.9 Å². The third-order valence-electron chi connectivity index (χ3n) is 4.86. The molecule has 0 saturated carbocycles. The molecule has 2 aromatic rings. The fraction of sp³-hybridized carbons (Fsp3) is 0.273. The molecule has 29 heavy (non-hydrogen) atoms.